The number of aryl methyl sites for hydroxylation is 2. The third-order valence-corrected chi connectivity index (χ3v) is 4.70. The van der Waals surface area contributed by atoms with E-state index >= 15 is 0 Å². The minimum Gasteiger partial charge on any atom is -0.457 e. The number of furan rings is 1. The van der Waals surface area contributed by atoms with E-state index in [-0.39, 0.29) is 11.9 Å². The summed E-state index contributed by atoms with van der Waals surface area (Å²) in [5.74, 6) is -0.124. The average molecular weight is 348 g/mol. The van der Waals surface area contributed by atoms with Gasteiger partial charge in [-0.25, -0.2) is 0 Å². The molecule has 0 radical (unpaired) electrons. The SMILES string of the molecule is CC(NC(=O)c1ccoc1Br)c1ccc2c(c1)CCCC2. The third kappa shape index (κ3) is 3.05. The summed E-state index contributed by atoms with van der Waals surface area (Å²) < 4.78 is 5.57. The summed E-state index contributed by atoms with van der Waals surface area (Å²) in [4.78, 5) is 12.2. The van der Waals surface area contributed by atoms with Crippen LogP contribution in [-0.4, -0.2) is 5.91 Å². The molecule has 1 aliphatic carbocycles. The Labute approximate surface area is 132 Å². The van der Waals surface area contributed by atoms with Crippen molar-refractivity contribution in [1.29, 1.82) is 0 Å². The number of hydrogen-bond acceptors (Lipinski definition) is 2. The normalized spacial score (nSPS) is 15.3. The molecule has 1 N–H and O–H groups in total. The van der Waals surface area contributed by atoms with Crippen molar-refractivity contribution in [3.05, 3.63) is 57.5 Å². The predicted octanol–water partition coefficient (Wildman–Crippen LogP) is 4.41. The second-order valence-electron chi connectivity index (χ2n) is 5.54. The van der Waals surface area contributed by atoms with Crippen LogP contribution in [0.4, 0.5) is 0 Å². The lowest BCUT2D eigenvalue weighted by atomic mass is 9.89. The molecule has 2 aromatic rings. The summed E-state index contributed by atoms with van der Waals surface area (Å²) in [5, 5.41) is 3.02. The van der Waals surface area contributed by atoms with Crippen molar-refractivity contribution in [2.75, 3.05) is 0 Å². The third-order valence-electron chi connectivity index (χ3n) is 4.08. The van der Waals surface area contributed by atoms with Gasteiger partial charge in [-0.2, -0.15) is 0 Å². The molecular formula is C17H18BrNO2. The molecule has 0 saturated heterocycles. The summed E-state index contributed by atoms with van der Waals surface area (Å²) in [6.45, 7) is 2.01. The first-order valence-electron chi connectivity index (χ1n) is 7.30. The van der Waals surface area contributed by atoms with Crippen LogP contribution in [0, 0.1) is 0 Å². The van der Waals surface area contributed by atoms with E-state index in [0.717, 1.165) is 12.0 Å². The van der Waals surface area contributed by atoms with Gasteiger partial charge in [0, 0.05) is 0 Å². The van der Waals surface area contributed by atoms with Crippen LogP contribution in [0.5, 0.6) is 0 Å². The lowest BCUT2D eigenvalue weighted by Gasteiger charge is -2.20. The molecule has 4 heteroatoms. The number of benzene rings is 1. The summed E-state index contributed by atoms with van der Waals surface area (Å²) in [5.41, 5.74) is 4.58. The van der Waals surface area contributed by atoms with Gasteiger partial charge in [0.15, 0.2) is 4.67 Å². The van der Waals surface area contributed by atoms with E-state index in [1.165, 1.54) is 36.7 Å². The molecule has 3 nitrogen and oxygen atoms in total. The van der Waals surface area contributed by atoms with Crippen molar-refractivity contribution in [3.8, 4) is 0 Å². The van der Waals surface area contributed by atoms with Gasteiger partial charge in [0.05, 0.1) is 17.9 Å². The predicted molar refractivity (Wildman–Crippen MR) is 85.4 cm³/mol. The van der Waals surface area contributed by atoms with E-state index < -0.39 is 0 Å². The van der Waals surface area contributed by atoms with Crippen LogP contribution in [0.15, 0.2) is 39.6 Å². The average Bonchev–Trinajstić information content (AvgIpc) is 2.93. The first-order valence-corrected chi connectivity index (χ1v) is 8.10. The van der Waals surface area contributed by atoms with Crippen molar-refractivity contribution in [3.63, 3.8) is 0 Å². The Morgan fingerprint density at radius 3 is 2.71 bits per heavy atom. The number of hydrogen-bond donors (Lipinski definition) is 1. The molecule has 1 aromatic heterocycles. The van der Waals surface area contributed by atoms with Gasteiger partial charge >= 0.3 is 0 Å². The Balaban J connectivity index is 1.75. The van der Waals surface area contributed by atoms with E-state index in [4.69, 9.17) is 4.42 Å². The molecule has 1 amide bonds. The van der Waals surface area contributed by atoms with Crippen molar-refractivity contribution in [2.24, 2.45) is 0 Å². The number of nitrogens with one attached hydrogen (secondary N) is 1. The van der Waals surface area contributed by atoms with Crippen molar-refractivity contribution < 1.29 is 9.21 Å². The highest BCUT2D eigenvalue weighted by molar-refractivity contribution is 9.10. The van der Waals surface area contributed by atoms with Crippen LogP contribution < -0.4 is 5.32 Å². The van der Waals surface area contributed by atoms with Crippen LogP contribution in [0.1, 0.15) is 52.9 Å². The van der Waals surface area contributed by atoms with Gasteiger partial charge in [-0.1, -0.05) is 18.2 Å². The molecule has 21 heavy (non-hydrogen) atoms. The molecule has 1 unspecified atom stereocenters. The minimum absolute atomic E-state index is 0.0217. The number of halogens is 1. The highest BCUT2D eigenvalue weighted by Gasteiger charge is 2.17. The fourth-order valence-corrected chi connectivity index (χ4v) is 3.26. The van der Waals surface area contributed by atoms with Crippen LogP contribution >= 0.6 is 15.9 Å². The van der Waals surface area contributed by atoms with Crippen molar-refractivity contribution >= 4 is 21.8 Å². The summed E-state index contributed by atoms with van der Waals surface area (Å²) >= 11 is 3.23. The molecule has 1 aliphatic rings. The molecule has 1 aromatic carbocycles. The molecule has 0 fully saturated rings. The number of fused-ring (bicyclic) bond motifs is 1. The summed E-state index contributed by atoms with van der Waals surface area (Å²) in [7, 11) is 0. The second kappa shape index (κ2) is 6.06. The van der Waals surface area contributed by atoms with E-state index in [0.29, 0.717) is 10.2 Å². The molecule has 0 bridgehead atoms. The maximum atomic E-state index is 12.2. The molecule has 3 rings (SSSR count). The largest absolute Gasteiger partial charge is 0.457 e. The van der Waals surface area contributed by atoms with Gasteiger partial charge in [-0.3, -0.25) is 4.79 Å². The van der Waals surface area contributed by atoms with Crippen LogP contribution in [0.25, 0.3) is 0 Å². The Morgan fingerprint density at radius 1 is 1.24 bits per heavy atom. The Morgan fingerprint density at radius 2 is 2.00 bits per heavy atom. The number of carbonyl (C=O) groups is 1. The molecule has 0 aliphatic heterocycles. The fourth-order valence-electron chi connectivity index (χ4n) is 2.84. The van der Waals surface area contributed by atoms with Crippen LogP contribution in [-0.2, 0) is 12.8 Å². The Bertz CT molecular complexity index is 663. The smallest absolute Gasteiger partial charge is 0.256 e. The standard InChI is InChI=1S/C17H18BrNO2/c1-11(19-17(20)15-8-9-21-16(15)18)13-7-6-12-4-2-3-5-14(12)10-13/h6-11H,2-5H2,1H3,(H,19,20). The topological polar surface area (TPSA) is 42.2 Å². The number of carbonyl (C=O) groups excluding carboxylic acids is 1. The number of amides is 1. The van der Waals surface area contributed by atoms with Gasteiger partial charge < -0.3 is 9.73 Å². The zero-order valence-electron chi connectivity index (χ0n) is 12.0. The minimum atomic E-state index is -0.124. The van der Waals surface area contributed by atoms with Gasteiger partial charge in [-0.05, 0) is 71.3 Å². The van der Waals surface area contributed by atoms with Gasteiger partial charge in [0.2, 0.25) is 0 Å². The van der Waals surface area contributed by atoms with E-state index in [9.17, 15) is 4.79 Å². The highest BCUT2D eigenvalue weighted by Crippen LogP contribution is 2.25. The quantitative estimate of drug-likeness (QED) is 0.893. The lowest BCUT2D eigenvalue weighted by Crippen LogP contribution is -2.26. The summed E-state index contributed by atoms with van der Waals surface area (Å²) in [6.07, 6.45) is 6.38. The van der Waals surface area contributed by atoms with Crippen LogP contribution in [0.2, 0.25) is 0 Å². The van der Waals surface area contributed by atoms with Gasteiger partial charge in [0.25, 0.3) is 5.91 Å². The zero-order valence-corrected chi connectivity index (χ0v) is 13.6. The Kier molecular flexibility index (Phi) is 4.15. The maximum Gasteiger partial charge on any atom is 0.256 e. The van der Waals surface area contributed by atoms with E-state index in [1.54, 1.807) is 6.07 Å². The monoisotopic (exact) mass is 347 g/mol. The number of rotatable bonds is 3. The van der Waals surface area contributed by atoms with E-state index in [2.05, 4.69) is 39.4 Å². The molecule has 1 heterocycles. The zero-order chi connectivity index (χ0) is 14.8. The molecule has 1 atom stereocenters. The van der Waals surface area contributed by atoms with Gasteiger partial charge in [0.1, 0.15) is 0 Å². The van der Waals surface area contributed by atoms with Gasteiger partial charge in [-0.15, -0.1) is 0 Å². The maximum absolute atomic E-state index is 12.2. The first-order chi connectivity index (χ1) is 10.1. The first kappa shape index (κ1) is 14.4. The van der Waals surface area contributed by atoms with E-state index in [1.807, 2.05) is 6.92 Å². The van der Waals surface area contributed by atoms with Crippen LogP contribution in [0.3, 0.4) is 0 Å². The molecular weight excluding hydrogens is 330 g/mol. The van der Waals surface area contributed by atoms with Crippen molar-refractivity contribution in [1.82, 2.24) is 5.32 Å². The molecule has 110 valence electrons. The molecule has 0 saturated carbocycles. The Hall–Kier alpha value is -1.55. The lowest BCUT2D eigenvalue weighted by molar-refractivity contribution is 0.0938. The highest BCUT2D eigenvalue weighted by atomic mass is 79.9. The van der Waals surface area contributed by atoms with Crippen molar-refractivity contribution in [2.45, 2.75) is 38.6 Å². The second-order valence-corrected chi connectivity index (χ2v) is 6.26. The summed E-state index contributed by atoms with van der Waals surface area (Å²) in [6, 6.07) is 8.22. The molecule has 0 spiro atoms. The fraction of sp³-hybridized carbons (Fsp3) is 0.353.